The minimum absolute atomic E-state index is 0.251. The molecule has 4 fully saturated rings. The molecule has 0 spiro atoms. The summed E-state index contributed by atoms with van der Waals surface area (Å²) < 4.78 is 0. The Hall–Kier alpha value is -1.02. The molecule has 1 aromatic carbocycles. The van der Waals surface area contributed by atoms with E-state index in [0.717, 1.165) is 42.0 Å². The first-order valence-corrected chi connectivity index (χ1v) is 12.6. The summed E-state index contributed by atoms with van der Waals surface area (Å²) in [6.45, 7) is 7.68. The predicted octanol–water partition coefficient (Wildman–Crippen LogP) is 6.61. The lowest BCUT2D eigenvalue weighted by atomic mass is 9.42. The number of carbonyl (C=O) groups excluding carboxylic acids is 1. The lowest BCUT2D eigenvalue weighted by molar-refractivity contribution is -0.180. The van der Waals surface area contributed by atoms with Gasteiger partial charge in [0.25, 0.3) is 0 Å². The van der Waals surface area contributed by atoms with Gasteiger partial charge in [-0.15, -0.1) is 0 Å². The second kappa shape index (κ2) is 7.26. The van der Waals surface area contributed by atoms with E-state index in [-0.39, 0.29) is 5.41 Å². The van der Waals surface area contributed by atoms with Crippen LogP contribution in [0.1, 0.15) is 71.3 Å². The van der Waals surface area contributed by atoms with Crippen LogP contribution >= 0.6 is 11.6 Å². The van der Waals surface area contributed by atoms with E-state index in [4.69, 9.17) is 11.6 Å². The topological polar surface area (TPSA) is 20.3 Å². The highest BCUT2D eigenvalue weighted by Crippen LogP contribution is 2.67. The molecule has 1 aliphatic heterocycles. The van der Waals surface area contributed by atoms with Crippen molar-refractivity contribution in [2.45, 2.75) is 78.2 Å². The molecule has 1 saturated heterocycles. The summed E-state index contributed by atoms with van der Waals surface area (Å²) in [4.78, 5) is 15.0. The van der Waals surface area contributed by atoms with Crippen molar-refractivity contribution in [1.82, 2.24) is 4.90 Å². The Kier molecular flexibility index (Phi) is 5.05. The van der Waals surface area contributed by atoms with Crippen molar-refractivity contribution in [2.24, 2.45) is 40.4 Å². The monoisotopic (exact) mass is 427 g/mol. The Labute approximate surface area is 187 Å². The van der Waals surface area contributed by atoms with E-state index < -0.39 is 0 Å². The Morgan fingerprint density at radius 3 is 2.53 bits per heavy atom. The molecule has 0 aromatic heterocycles. The third-order valence-electron chi connectivity index (χ3n) is 10.4. The number of piperidine rings is 1. The van der Waals surface area contributed by atoms with E-state index >= 15 is 0 Å². The third kappa shape index (κ3) is 2.99. The Morgan fingerprint density at radius 2 is 1.80 bits per heavy atom. The molecule has 2 nitrogen and oxygen atoms in total. The summed E-state index contributed by atoms with van der Waals surface area (Å²) in [5.74, 6) is 3.98. The van der Waals surface area contributed by atoms with Crippen molar-refractivity contribution < 1.29 is 4.79 Å². The van der Waals surface area contributed by atoms with Crippen LogP contribution in [0.5, 0.6) is 0 Å². The zero-order valence-electron chi connectivity index (χ0n) is 19.2. The molecule has 3 aliphatic carbocycles. The number of rotatable bonds is 2. The van der Waals surface area contributed by atoms with Crippen LogP contribution in [0.25, 0.3) is 0 Å². The number of hydrogen-bond donors (Lipinski definition) is 0. The molecular weight excluding hydrogens is 390 g/mol. The summed E-state index contributed by atoms with van der Waals surface area (Å²) in [7, 11) is 2.09. The number of likely N-dealkylation sites (tertiary alicyclic amines) is 1. The third-order valence-corrected chi connectivity index (χ3v) is 10.6. The molecule has 3 unspecified atom stereocenters. The van der Waals surface area contributed by atoms with Gasteiger partial charge in [-0.1, -0.05) is 50.9 Å². The van der Waals surface area contributed by atoms with Crippen LogP contribution in [0.2, 0.25) is 5.02 Å². The van der Waals surface area contributed by atoms with Crippen molar-refractivity contribution in [2.75, 3.05) is 7.05 Å². The fourth-order valence-corrected chi connectivity index (χ4v) is 9.06. The molecule has 0 bridgehead atoms. The first-order chi connectivity index (χ1) is 14.2. The average molecular weight is 428 g/mol. The van der Waals surface area contributed by atoms with Crippen LogP contribution in [0, 0.1) is 40.4 Å². The molecule has 5 rings (SSSR count). The van der Waals surface area contributed by atoms with Gasteiger partial charge in [-0.25, -0.2) is 0 Å². The maximum atomic E-state index is 12.8. The van der Waals surface area contributed by atoms with E-state index in [2.05, 4.69) is 44.9 Å². The van der Waals surface area contributed by atoms with E-state index in [9.17, 15) is 4.79 Å². The van der Waals surface area contributed by atoms with E-state index in [0.29, 0.717) is 29.2 Å². The van der Waals surface area contributed by atoms with Gasteiger partial charge in [0, 0.05) is 24.5 Å². The van der Waals surface area contributed by atoms with Gasteiger partial charge in [0.1, 0.15) is 0 Å². The van der Waals surface area contributed by atoms with Gasteiger partial charge in [0.15, 0.2) is 0 Å². The average Bonchev–Trinajstić information content (AvgIpc) is 3.11. The van der Waals surface area contributed by atoms with Crippen molar-refractivity contribution in [3.05, 3.63) is 34.9 Å². The standard InChI is InChI=1S/C27H38ClNO/c1-17-20(16-18-7-9-19(28)10-8-18)25-27(3,15-12-23(30)29(25)4)22-11-14-26(2)13-5-6-21(26)24(17)22/h7-10,17,20-22,24-25H,5-6,11-16H2,1-4H3/t17?,20?,21-,22+,24-,25?,26-,27+/m0/s1. The molecule has 1 heterocycles. The summed E-state index contributed by atoms with van der Waals surface area (Å²) in [5.41, 5.74) is 2.18. The molecule has 4 aliphatic rings. The largest absolute Gasteiger partial charge is 0.342 e. The lowest BCUT2D eigenvalue weighted by Crippen LogP contribution is -2.67. The number of fused-ring (bicyclic) bond motifs is 5. The normalized spacial score (nSPS) is 45.6. The SMILES string of the molecule is CC1C(Cc2ccc(Cl)cc2)C2N(C)C(=O)CC[C@]2(C)[C@@H]2CC[C@]3(C)CCC[C@H]3[C@H]12. The van der Waals surface area contributed by atoms with Crippen LogP contribution in [-0.4, -0.2) is 23.9 Å². The molecule has 0 N–H and O–H groups in total. The first kappa shape index (κ1) is 20.9. The van der Waals surface area contributed by atoms with Crippen molar-refractivity contribution in [3.63, 3.8) is 0 Å². The van der Waals surface area contributed by atoms with Gasteiger partial charge >= 0.3 is 0 Å². The Morgan fingerprint density at radius 1 is 1.07 bits per heavy atom. The van der Waals surface area contributed by atoms with Crippen LogP contribution < -0.4 is 0 Å². The maximum absolute atomic E-state index is 12.8. The van der Waals surface area contributed by atoms with E-state index in [1.165, 1.54) is 37.7 Å². The van der Waals surface area contributed by atoms with Crippen LogP contribution in [-0.2, 0) is 11.2 Å². The highest BCUT2D eigenvalue weighted by molar-refractivity contribution is 6.30. The molecule has 8 atom stereocenters. The van der Waals surface area contributed by atoms with Gasteiger partial charge in [0.05, 0.1) is 0 Å². The van der Waals surface area contributed by atoms with Crippen LogP contribution in [0.15, 0.2) is 24.3 Å². The molecule has 3 heteroatoms. The summed E-state index contributed by atoms with van der Waals surface area (Å²) in [6.07, 6.45) is 9.89. The van der Waals surface area contributed by atoms with Gasteiger partial charge in [-0.3, -0.25) is 4.79 Å². The summed E-state index contributed by atoms with van der Waals surface area (Å²) in [6, 6.07) is 8.80. The number of hydrogen-bond acceptors (Lipinski definition) is 1. The summed E-state index contributed by atoms with van der Waals surface area (Å²) >= 11 is 6.17. The molecule has 1 aromatic rings. The zero-order valence-corrected chi connectivity index (χ0v) is 19.9. The Balaban J connectivity index is 1.57. The molecule has 0 radical (unpaired) electrons. The van der Waals surface area contributed by atoms with E-state index in [1.807, 2.05) is 12.1 Å². The molecular formula is C27H38ClNO. The number of halogens is 1. The van der Waals surface area contributed by atoms with Crippen molar-refractivity contribution in [1.29, 1.82) is 0 Å². The molecule has 3 saturated carbocycles. The second-order valence-corrected chi connectivity index (χ2v) is 12.1. The maximum Gasteiger partial charge on any atom is 0.222 e. The quantitative estimate of drug-likeness (QED) is 0.520. The fourth-order valence-electron chi connectivity index (χ4n) is 8.93. The number of nitrogens with zero attached hydrogens (tertiary/aromatic N) is 1. The van der Waals surface area contributed by atoms with E-state index in [1.54, 1.807) is 0 Å². The van der Waals surface area contributed by atoms with Gasteiger partial charge in [-0.2, -0.15) is 0 Å². The molecule has 164 valence electrons. The Bertz CT molecular complexity index is 821. The number of carbonyl (C=O) groups is 1. The predicted molar refractivity (Wildman–Crippen MR) is 123 cm³/mol. The smallest absolute Gasteiger partial charge is 0.222 e. The van der Waals surface area contributed by atoms with Crippen molar-refractivity contribution in [3.8, 4) is 0 Å². The minimum Gasteiger partial charge on any atom is -0.342 e. The second-order valence-electron chi connectivity index (χ2n) is 11.7. The molecule has 30 heavy (non-hydrogen) atoms. The van der Waals surface area contributed by atoms with Crippen LogP contribution in [0.4, 0.5) is 0 Å². The minimum atomic E-state index is 0.251. The fraction of sp³-hybridized carbons (Fsp3) is 0.741. The highest BCUT2D eigenvalue weighted by Gasteiger charge is 2.63. The van der Waals surface area contributed by atoms with Gasteiger partial charge in [0.2, 0.25) is 5.91 Å². The zero-order chi connectivity index (χ0) is 21.3. The highest BCUT2D eigenvalue weighted by atomic mass is 35.5. The van der Waals surface area contributed by atoms with Crippen LogP contribution in [0.3, 0.4) is 0 Å². The number of amides is 1. The van der Waals surface area contributed by atoms with Gasteiger partial charge in [-0.05, 0) is 96.6 Å². The lowest BCUT2D eigenvalue weighted by Gasteiger charge is -2.66. The van der Waals surface area contributed by atoms with Gasteiger partial charge < -0.3 is 4.90 Å². The summed E-state index contributed by atoms with van der Waals surface area (Å²) in [5, 5.41) is 0.805. The first-order valence-electron chi connectivity index (χ1n) is 12.2. The number of benzene rings is 1. The van der Waals surface area contributed by atoms with Crippen molar-refractivity contribution >= 4 is 17.5 Å². The molecule has 1 amide bonds.